The van der Waals surface area contributed by atoms with Gasteiger partial charge in [0, 0.05) is 59.4 Å². The predicted octanol–water partition coefficient (Wildman–Crippen LogP) is 3.31. The van der Waals surface area contributed by atoms with Crippen LogP contribution in [-0.4, -0.2) is 35.4 Å². The number of aromatic amines is 1. The first-order valence-electron chi connectivity index (χ1n) is 8.15. The number of carbonyl (C=O) groups is 1. The number of rotatable bonds is 2. The molecule has 0 radical (unpaired) electrons. The maximum Gasteiger partial charge on any atom is 0.335 e. The first kappa shape index (κ1) is 14.7. The Balaban J connectivity index is 1.78. The quantitative estimate of drug-likeness (QED) is 0.514. The molecular formula is C19H15N5O2. The third-order valence-electron chi connectivity index (χ3n) is 4.88. The number of H-pyrrole nitrogens is 1. The minimum atomic E-state index is -0.928. The van der Waals surface area contributed by atoms with Crippen molar-refractivity contribution in [3.63, 3.8) is 0 Å². The normalized spacial score (nSPS) is 11.8. The molecule has 7 heteroatoms. The van der Waals surface area contributed by atoms with E-state index < -0.39 is 5.97 Å². The maximum atomic E-state index is 11.2. The van der Waals surface area contributed by atoms with Crippen LogP contribution in [-0.2, 0) is 14.1 Å². The summed E-state index contributed by atoms with van der Waals surface area (Å²) in [5.74, 6) is -0.928. The van der Waals surface area contributed by atoms with Gasteiger partial charge in [0.25, 0.3) is 0 Å². The number of carboxylic acids is 1. The summed E-state index contributed by atoms with van der Waals surface area (Å²) in [6.07, 6.45) is 5.62. The van der Waals surface area contributed by atoms with Gasteiger partial charge in [-0.2, -0.15) is 5.10 Å². The minimum absolute atomic E-state index is 0.278. The van der Waals surface area contributed by atoms with Gasteiger partial charge in [-0.05, 0) is 18.2 Å². The average molecular weight is 345 g/mol. The van der Waals surface area contributed by atoms with Crippen LogP contribution in [0.2, 0.25) is 0 Å². The van der Waals surface area contributed by atoms with E-state index in [1.54, 1.807) is 18.3 Å². The van der Waals surface area contributed by atoms with E-state index in [-0.39, 0.29) is 5.56 Å². The molecule has 0 bridgehead atoms. The summed E-state index contributed by atoms with van der Waals surface area (Å²) in [7, 11) is 3.83. The standard InChI is InChI=1S/C19H15N5O2/c1-23-9-14(12-4-3-10(19(25)26)5-16(12)23)15-6-13-17-11(8-21-24(17)2)7-20-18(13)22-15/h3-9H,1-2H3,(H,20,22)(H,25,26). The Morgan fingerprint density at radius 1 is 1.15 bits per heavy atom. The number of nitrogens with zero attached hydrogens (tertiary/aromatic N) is 4. The molecule has 2 N–H and O–H groups in total. The Bertz CT molecular complexity index is 1340. The fourth-order valence-electron chi connectivity index (χ4n) is 3.62. The molecule has 0 unspecified atom stereocenters. The van der Waals surface area contributed by atoms with Gasteiger partial charge in [-0.3, -0.25) is 4.68 Å². The zero-order valence-electron chi connectivity index (χ0n) is 14.2. The summed E-state index contributed by atoms with van der Waals surface area (Å²) in [5.41, 5.74) is 4.93. The Morgan fingerprint density at radius 2 is 2.00 bits per heavy atom. The molecule has 7 nitrogen and oxygen atoms in total. The predicted molar refractivity (Wildman–Crippen MR) is 99.2 cm³/mol. The van der Waals surface area contributed by atoms with Crippen molar-refractivity contribution in [1.82, 2.24) is 24.3 Å². The van der Waals surface area contributed by atoms with Crippen molar-refractivity contribution < 1.29 is 9.90 Å². The smallest absolute Gasteiger partial charge is 0.335 e. The number of aryl methyl sites for hydroxylation is 2. The minimum Gasteiger partial charge on any atom is -0.478 e. The zero-order chi connectivity index (χ0) is 18.0. The van der Waals surface area contributed by atoms with Crippen molar-refractivity contribution in [3.05, 3.63) is 48.4 Å². The molecule has 0 saturated heterocycles. The second kappa shape index (κ2) is 4.95. The van der Waals surface area contributed by atoms with Gasteiger partial charge in [-0.1, -0.05) is 6.07 Å². The molecule has 0 atom stereocenters. The molecule has 4 aromatic heterocycles. The second-order valence-electron chi connectivity index (χ2n) is 6.47. The molecule has 5 aromatic rings. The molecule has 26 heavy (non-hydrogen) atoms. The topological polar surface area (TPSA) is 88.7 Å². The lowest BCUT2D eigenvalue weighted by Gasteiger charge is -1.99. The van der Waals surface area contributed by atoms with Gasteiger partial charge in [0.15, 0.2) is 0 Å². The maximum absolute atomic E-state index is 11.2. The fraction of sp³-hybridized carbons (Fsp3) is 0.105. The van der Waals surface area contributed by atoms with Gasteiger partial charge in [0.2, 0.25) is 0 Å². The van der Waals surface area contributed by atoms with E-state index in [9.17, 15) is 9.90 Å². The Labute approximate surface area is 147 Å². The summed E-state index contributed by atoms with van der Waals surface area (Å²) in [6, 6.07) is 7.26. The number of aromatic carboxylic acids is 1. The molecule has 1 aromatic carbocycles. The van der Waals surface area contributed by atoms with Crippen LogP contribution in [0.3, 0.4) is 0 Å². The van der Waals surface area contributed by atoms with Crippen LogP contribution in [0.5, 0.6) is 0 Å². The first-order valence-corrected chi connectivity index (χ1v) is 8.15. The van der Waals surface area contributed by atoms with Crippen LogP contribution < -0.4 is 0 Å². The molecule has 0 aliphatic carbocycles. The van der Waals surface area contributed by atoms with Crippen molar-refractivity contribution in [2.45, 2.75) is 0 Å². The van der Waals surface area contributed by atoms with E-state index in [4.69, 9.17) is 0 Å². The van der Waals surface area contributed by atoms with Gasteiger partial charge in [-0.25, -0.2) is 9.78 Å². The second-order valence-corrected chi connectivity index (χ2v) is 6.47. The van der Waals surface area contributed by atoms with Crippen LogP contribution in [0.25, 0.3) is 44.1 Å². The molecule has 0 fully saturated rings. The lowest BCUT2D eigenvalue weighted by atomic mass is 10.1. The number of fused-ring (bicyclic) bond motifs is 4. The van der Waals surface area contributed by atoms with Crippen molar-refractivity contribution in [3.8, 4) is 11.3 Å². The number of nitrogens with one attached hydrogen (secondary N) is 1. The third kappa shape index (κ3) is 1.91. The number of pyridine rings is 1. The number of aromatic nitrogens is 5. The Hall–Kier alpha value is -3.61. The highest BCUT2D eigenvalue weighted by Crippen LogP contribution is 2.33. The van der Waals surface area contributed by atoms with Crippen LogP contribution in [0.15, 0.2) is 42.9 Å². The van der Waals surface area contributed by atoms with Crippen LogP contribution in [0.4, 0.5) is 0 Å². The van der Waals surface area contributed by atoms with E-state index in [0.717, 1.165) is 44.1 Å². The highest BCUT2D eigenvalue weighted by Gasteiger charge is 2.15. The molecule has 0 spiro atoms. The van der Waals surface area contributed by atoms with Crippen molar-refractivity contribution >= 4 is 38.8 Å². The largest absolute Gasteiger partial charge is 0.478 e. The van der Waals surface area contributed by atoms with Gasteiger partial charge < -0.3 is 14.7 Å². The monoisotopic (exact) mass is 345 g/mol. The number of hydrogen-bond donors (Lipinski definition) is 2. The van der Waals surface area contributed by atoms with E-state index >= 15 is 0 Å². The highest BCUT2D eigenvalue weighted by molar-refractivity contribution is 6.06. The molecule has 4 heterocycles. The third-order valence-corrected chi connectivity index (χ3v) is 4.88. The zero-order valence-corrected chi connectivity index (χ0v) is 14.2. The lowest BCUT2D eigenvalue weighted by Crippen LogP contribution is -1.96. The van der Waals surface area contributed by atoms with Crippen molar-refractivity contribution in [2.24, 2.45) is 14.1 Å². The SMILES string of the molecule is Cn1cc(-c2cc3c(ncc4cnn(C)c43)[nH]2)c2ccc(C(=O)O)cc21. The molecule has 0 saturated carbocycles. The molecule has 128 valence electrons. The number of carboxylic acid groups (broad SMARTS) is 1. The summed E-state index contributed by atoms with van der Waals surface area (Å²) >= 11 is 0. The first-order chi connectivity index (χ1) is 12.5. The fourth-order valence-corrected chi connectivity index (χ4v) is 3.62. The molecule has 0 aliphatic heterocycles. The van der Waals surface area contributed by atoms with Gasteiger partial charge >= 0.3 is 5.97 Å². The highest BCUT2D eigenvalue weighted by atomic mass is 16.4. The molecule has 0 aliphatic rings. The lowest BCUT2D eigenvalue weighted by molar-refractivity contribution is 0.0697. The molecule has 0 amide bonds. The summed E-state index contributed by atoms with van der Waals surface area (Å²) < 4.78 is 3.79. The number of benzene rings is 1. The van der Waals surface area contributed by atoms with E-state index in [2.05, 4.69) is 21.1 Å². The summed E-state index contributed by atoms with van der Waals surface area (Å²) in [4.78, 5) is 19.1. The van der Waals surface area contributed by atoms with Gasteiger partial charge in [-0.15, -0.1) is 0 Å². The summed E-state index contributed by atoms with van der Waals surface area (Å²) in [6.45, 7) is 0. The Morgan fingerprint density at radius 3 is 2.81 bits per heavy atom. The average Bonchev–Trinajstić information content (AvgIpc) is 3.30. The van der Waals surface area contributed by atoms with Crippen molar-refractivity contribution in [2.75, 3.05) is 0 Å². The van der Waals surface area contributed by atoms with Crippen LogP contribution >= 0.6 is 0 Å². The Kier molecular flexibility index (Phi) is 2.80. The van der Waals surface area contributed by atoms with Crippen molar-refractivity contribution in [1.29, 1.82) is 0 Å². The van der Waals surface area contributed by atoms with Crippen LogP contribution in [0, 0.1) is 0 Å². The molecular weight excluding hydrogens is 330 g/mol. The van der Waals surface area contributed by atoms with Gasteiger partial charge in [0.05, 0.1) is 17.3 Å². The van der Waals surface area contributed by atoms with Gasteiger partial charge in [0.1, 0.15) is 5.65 Å². The van der Waals surface area contributed by atoms with E-state index in [0.29, 0.717) is 0 Å². The summed E-state index contributed by atoms with van der Waals surface area (Å²) in [5, 5.41) is 16.5. The van der Waals surface area contributed by atoms with E-state index in [1.165, 1.54) is 0 Å². The molecule has 5 rings (SSSR count). The van der Waals surface area contributed by atoms with Crippen LogP contribution in [0.1, 0.15) is 10.4 Å². The van der Waals surface area contributed by atoms with E-state index in [1.807, 2.05) is 41.8 Å². The number of hydrogen-bond acceptors (Lipinski definition) is 3.